The number of ketones is 1. The molecule has 0 aliphatic rings. The molecule has 0 atom stereocenters. The Morgan fingerprint density at radius 2 is 1.72 bits per heavy atom. The zero-order valence-electron chi connectivity index (χ0n) is 14.1. The van der Waals surface area contributed by atoms with Gasteiger partial charge in [-0.1, -0.05) is 53.8 Å². The fourth-order valence-corrected chi connectivity index (χ4v) is 2.67. The maximum absolute atomic E-state index is 11.9. The van der Waals surface area contributed by atoms with Gasteiger partial charge in [-0.25, -0.2) is 8.42 Å². The number of benzene rings is 2. The van der Waals surface area contributed by atoms with Crippen molar-refractivity contribution in [3.05, 3.63) is 76.2 Å². The first-order chi connectivity index (χ1) is 11.9. The summed E-state index contributed by atoms with van der Waals surface area (Å²) in [4.78, 5) is 11.2. The first-order valence-corrected chi connectivity index (χ1v) is 9.25. The molecule has 0 aliphatic carbocycles. The topological polar surface area (TPSA) is 63.2 Å². The summed E-state index contributed by atoms with van der Waals surface area (Å²) < 4.78 is 26.2. The summed E-state index contributed by atoms with van der Waals surface area (Å²) in [6.07, 6.45) is 1.54. The van der Waals surface area contributed by atoms with Gasteiger partial charge in [0.15, 0.2) is 5.78 Å². The first-order valence-electron chi connectivity index (χ1n) is 7.70. The molecule has 0 amide bonds. The molecule has 0 bridgehead atoms. The van der Waals surface area contributed by atoms with Gasteiger partial charge in [0, 0.05) is 16.5 Å². The zero-order valence-corrected chi connectivity index (χ0v) is 14.9. The van der Waals surface area contributed by atoms with Gasteiger partial charge >= 0.3 is 0 Å². The van der Waals surface area contributed by atoms with Gasteiger partial charge in [-0.05, 0) is 37.6 Å². The van der Waals surface area contributed by atoms with Crippen LogP contribution >= 0.6 is 0 Å². The van der Waals surface area contributed by atoms with Crippen molar-refractivity contribution >= 4 is 21.9 Å². The minimum absolute atomic E-state index is 0.00682. The van der Waals surface area contributed by atoms with Crippen LogP contribution in [0.4, 0.5) is 0 Å². The molecule has 0 spiro atoms. The number of aryl methyl sites for hydroxylation is 1. The number of nitrogens with one attached hydrogen (secondary N) is 1. The van der Waals surface area contributed by atoms with Crippen LogP contribution in [0.1, 0.15) is 34.0 Å². The number of hydrogen-bond donors (Lipinski definition) is 1. The third kappa shape index (κ3) is 6.38. The minimum Gasteiger partial charge on any atom is -0.295 e. The van der Waals surface area contributed by atoms with E-state index in [1.54, 1.807) is 24.3 Å². The van der Waals surface area contributed by atoms with Crippen molar-refractivity contribution in [2.75, 3.05) is 6.54 Å². The average Bonchev–Trinajstić information content (AvgIpc) is 2.59. The van der Waals surface area contributed by atoms with Crippen molar-refractivity contribution in [3.63, 3.8) is 0 Å². The van der Waals surface area contributed by atoms with Crippen LogP contribution in [0.25, 0.3) is 6.08 Å². The number of sulfonamides is 1. The highest BCUT2D eigenvalue weighted by Gasteiger charge is 2.02. The Morgan fingerprint density at radius 1 is 1.08 bits per heavy atom. The molecule has 0 unspecified atom stereocenters. The number of carbonyl (C=O) groups is 1. The number of Topliss-reactive ketones (excluding diaryl/α,β-unsaturated/α-hetero) is 1. The molecule has 0 saturated carbocycles. The fourth-order valence-electron chi connectivity index (χ4n) is 1.97. The zero-order chi connectivity index (χ0) is 18.3. The van der Waals surface area contributed by atoms with E-state index in [9.17, 15) is 13.2 Å². The Labute approximate surface area is 148 Å². The number of rotatable bonds is 5. The molecule has 5 heteroatoms. The molecule has 0 heterocycles. The van der Waals surface area contributed by atoms with Gasteiger partial charge in [-0.15, -0.1) is 0 Å². The maximum Gasteiger partial charge on any atom is 0.234 e. The van der Waals surface area contributed by atoms with Crippen LogP contribution in [-0.2, 0) is 10.0 Å². The van der Waals surface area contributed by atoms with Crippen LogP contribution in [0.5, 0.6) is 0 Å². The van der Waals surface area contributed by atoms with Gasteiger partial charge in [-0.3, -0.25) is 4.79 Å². The Balaban J connectivity index is 1.92. The summed E-state index contributed by atoms with van der Waals surface area (Å²) in [7, 11) is -3.54. The van der Waals surface area contributed by atoms with Crippen LogP contribution < -0.4 is 4.72 Å². The summed E-state index contributed by atoms with van der Waals surface area (Å²) in [5.41, 5.74) is 3.27. The van der Waals surface area contributed by atoms with E-state index in [1.165, 1.54) is 13.0 Å². The van der Waals surface area contributed by atoms with Crippen molar-refractivity contribution in [1.82, 2.24) is 4.72 Å². The summed E-state index contributed by atoms with van der Waals surface area (Å²) in [5, 5.41) is 1.13. The summed E-state index contributed by atoms with van der Waals surface area (Å²) >= 11 is 0. The molecular formula is C20H19NO3S. The lowest BCUT2D eigenvalue weighted by atomic mass is 10.1. The smallest absolute Gasteiger partial charge is 0.234 e. The Morgan fingerprint density at radius 3 is 2.32 bits per heavy atom. The summed E-state index contributed by atoms with van der Waals surface area (Å²) in [6.45, 7) is 3.48. The second kappa shape index (κ2) is 8.43. The van der Waals surface area contributed by atoms with E-state index in [0.717, 1.165) is 22.1 Å². The van der Waals surface area contributed by atoms with Crippen molar-refractivity contribution in [3.8, 4) is 11.8 Å². The molecule has 0 aliphatic heterocycles. The fraction of sp³-hybridized carbons (Fsp3) is 0.150. The van der Waals surface area contributed by atoms with Gasteiger partial charge in [0.1, 0.15) is 0 Å². The molecule has 2 aromatic rings. The normalized spacial score (nSPS) is 11.1. The quantitative estimate of drug-likeness (QED) is 0.663. The molecular weight excluding hydrogens is 334 g/mol. The molecule has 0 fully saturated rings. The van der Waals surface area contributed by atoms with Crippen molar-refractivity contribution < 1.29 is 13.2 Å². The predicted octanol–water partition coefficient (Wildman–Crippen LogP) is 3.14. The largest absolute Gasteiger partial charge is 0.295 e. The lowest BCUT2D eigenvalue weighted by molar-refractivity contribution is 0.101. The van der Waals surface area contributed by atoms with Gasteiger partial charge in [0.2, 0.25) is 10.0 Å². The molecule has 0 aromatic heterocycles. The van der Waals surface area contributed by atoms with E-state index >= 15 is 0 Å². The Hall–Kier alpha value is -2.68. The average molecular weight is 353 g/mol. The Kier molecular flexibility index (Phi) is 6.29. The molecule has 4 nitrogen and oxygen atoms in total. The van der Waals surface area contributed by atoms with E-state index in [4.69, 9.17) is 0 Å². The van der Waals surface area contributed by atoms with E-state index < -0.39 is 10.0 Å². The molecule has 128 valence electrons. The van der Waals surface area contributed by atoms with Gasteiger partial charge in [0.05, 0.1) is 6.54 Å². The van der Waals surface area contributed by atoms with Crippen molar-refractivity contribution in [2.24, 2.45) is 0 Å². The van der Waals surface area contributed by atoms with Crippen LogP contribution in [0.3, 0.4) is 0 Å². The number of hydrogen-bond acceptors (Lipinski definition) is 3. The van der Waals surface area contributed by atoms with E-state index in [0.29, 0.717) is 5.56 Å². The van der Waals surface area contributed by atoms with Crippen molar-refractivity contribution in [2.45, 2.75) is 13.8 Å². The lowest BCUT2D eigenvalue weighted by Gasteiger charge is -1.98. The second-order valence-electron chi connectivity index (χ2n) is 5.51. The predicted molar refractivity (Wildman–Crippen MR) is 100 cm³/mol. The first kappa shape index (κ1) is 18.7. The molecule has 2 rings (SSSR count). The minimum atomic E-state index is -3.54. The third-order valence-electron chi connectivity index (χ3n) is 3.40. The van der Waals surface area contributed by atoms with Crippen LogP contribution in [0.15, 0.2) is 53.9 Å². The monoisotopic (exact) mass is 353 g/mol. The summed E-state index contributed by atoms with van der Waals surface area (Å²) in [6, 6.07) is 14.4. The van der Waals surface area contributed by atoms with Gasteiger partial charge in [-0.2, -0.15) is 4.72 Å². The highest BCUT2D eigenvalue weighted by molar-refractivity contribution is 7.92. The molecule has 0 radical (unpaired) electrons. The van der Waals surface area contributed by atoms with Crippen LogP contribution in [0, 0.1) is 18.8 Å². The second-order valence-corrected chi connectivity index (χ2v) is 7.17. The van der Waals surface area contributed by atoms with Gasteiger partial charge in [0.25, 0.3) is 0 Å². The third-order valence-corrected chi connectivity index (χ3v) is 4.44. The molecule has 1 N–H and O–H groups in total. The van der Waals surface area contributed by atoms with Crippen LogP contribution in [-0.4, -0.2) is 20.7 Å². The molecule has 0 saturated heterocycles. The van der Waals surface area contributed by atoms with Gasteiger partial charge < -0.3 is 0 Å². The lowest BCUT2D eigenvalue weighted by Crippen LogP contribution is -2.21. The standard InChI is InChI=1S/C20H19NO3S/c1-16-5-7-19(8-6-16)13-15-25(23,24)21-14-3-4-18-9-11-20(12-10-18)17(2)22/h5-13,15,21H,14H2,1-2H3/b15-13+. The SMILES string of the molecule is CC(=O)c1ccc(C#CCNS(=O)(=O)/C=C/c2ccc(C)cc2)cc1. The van der Waals surface area contributed by atoms with E-state index in [2.05, 4.69) is 16.6 Å². The van der Waals surface area contributed by atoms with E-state index in [1.807, 2.05) is 31.2 Å². The Bertz CT molecular complexity index is 929. The highest BCUT2D eigenvalue weighted by atomic mass is 32.2. The van der Waals surface area contributed by atoms with E-state index in [-0.39, 0.29) is 12.3 Å². The van der Waals surface area contributed by atoms with Crippen molar-refractivity contribution in [1.29, 1.82) is 0 Å². The molecule has 25 heavy (non-hydrogen) atoms. The molecule has 2 aromatic carbocycles. The highest BCUT2D eigenvalue weighted by Crippen LogP contribution is 2.06. The number of carbonyl (C=O) groups excluding carboxylic acids is 1. The summed E-state index contributed by atoms with van der Waals surface area (Å²) in [5.74, 6) is 5.60. The maximum atomic E-state index is 11.9. The van der Waals surface area contributed by atoms with Crippen LogP contribution in [0.2, 0.25) is 0 Å².